The highest BCUT2D eigenvalue weighted by Gasteiger charge is 2.66. The van der Waals surface area contributed by atoms with Crippen molar-refractivity contribution in [2.45, 2.75) is 25.9 Å². The zero-order valence-electron chi connectivity index (χ0n) is 20.9. The molecule has 1 atom stereocenters. The predicted molar refractivity (Wildman–Crippen MR) is 146 cm³/mol. The van der Waals surface area contributed by atoms with Crippen molar-refractivity contribution >= 4 is 44.9 Å². The second-order valence-corrected chi connectivity index (χ2v) is 10.8. The molecule has 7 rings (SSSR count). The van der Waals surface area contributed by atoms with Gasteiger partial charge < -0.3 is 9.32 Å². The van der Waals surface area contributed by atoms with Gasteiger partial charge in [0.25, 0.3) is 11.8 Å². The van der Waals surface area contributed by atoms with E-state index in [1.165, 1.54) is 27.2 Å². The molecule has 7 nitrogen and oxygen atoms in total. The van der Waals surface area contributed by atoms with E-state index in [4.69, 9.17) is 4.42 Å². The first-order valence-electron chi connectivity index (χ1n) is 12.3. The molecule has 0 bridgehead atoms. The van der Waals surface area contributed by atoms with E-state index in [2.05, 4.69) is 4.98 Å². The molecule has 39 heavy (non-hydrogen) atoms. The highest BCUT2D eigenvalue weighted by molar-refractivity contribution is 7.16. The minimum absolute atomic E-state index is 0.0508. The lowest BCUT2D eigenvalue weighted by Crippen LogP contribution is -2.53. The Labute approximate surface area is 225 Å². The highest BCUT2D eigenvalue weighted by Crippen LogP contribution is 2.54. The summed E-state index contributed by atoms with van der Waals surface area (Å²) in [5.74, 6) is -1.83. The van der Waals surface area contributed by atoms with Gasteiger partial charge in [0.1, 0.15) is 11.4 Å². The van der Waals surface area contributed by atoms with Crippen LogP contribution in [0.5, 0.6) is 0 Å². The van der Waals surface area contributed by atoms with Crippen molar-refractivity contribution < 1.29 is 18.4 Å². The number of anilines is 2. The number of hydrogen-bond donors (Lipinski definition) is 0. The molecule has 5 aromatic rings. The number of aryl methyl sites for hydroxylation is 2. The maximum atomic E-state index is 14.8. The molecule has 1 spiro atoms. The number of carbonyl (C=O) groups is 2. The van der Waals surface area contributed by atoms with Crippen molar-refractivity contribution in [3.8, 4) is 0 Å². The summed E-state index contributed by atoms with van der Waals surface area (Å²) in [6, 6.07) is 19.9. The SMILES string of the molecule is Cc1nc(N2C(=O)c3oc4ccccc4c(=O)c3C23C(=O)N(Cc2ccccc2F)c2ccccc23)sc1C. The Balaban J connectivity index is 1.57. The summed E-state index contributed by atoms with van der Waals surface area (Å²) in [6.45, 7) is 3.61. The first-order chi connectivity index (χ1) is 18.8. The molecule has 1 unspecified atom stereocenters. The molecule has 2 aliphatic heterocycles. The third-order valence-electron chi connectivity index (χ3n) is 7.53. The number of rotatable bonds is 3. The average Bonchev–Trinajstić information content (AvgIpc) is 3.49. The highest BCUT2D eigenvalue weighted by atomic mass is 32.1. The van der Waals surface area contributed by atoms with Crippen LogP contribution in [0.3, 0.4) is 0 Å². The summed E-state index contributed by atoms with van der Waals surface area (Å²) in [7, 11) is 0. The van der Waals surface area contributed by atoms with Gasteiger partial charge in [-0.25, -0.2) is 9.37 Å². The van der Waals surface area contributed by atoms with E-state index in [1.54, 1.807) is 66.7 Å². The number of benzene rings is 3. The number of nitrogens with zero attached hydrogens (tertiary/aromatic N) is 3. The number of hydrogen-bond acceptors (Lipinski definition) is 6. The maximum Gasteiger partial charge on any atom is 0.297 e. The molecule has 2 aliphatic rings. The summed E-state index contributed by atoms with van der Waals surface area (Å²) < 4.78 is 20.8. The first kappa shape index (κ1) is 23.5. The molecule has 0 fully saturated rings. The minimum atomic E-state index is -1.87. The van der Waals surface area contributed by atoms with Gasteiger partial charge in [0.15, 0.2) is 16.1 Å². The van der Waals surface area contributed by atoms with Crippen molar-refractivity contribution in [1.82, 2.24) is 4.98 Å². The van der Waals surface area contributed by atoms with Crippen LogP contribution >= 0.6 is 11.3 Å². The van der Waals surface area contributed by atoms with Gasteiger partial charge in [-0.2, -0.15) is 0 Å². The lowest BCUT2D eigenvalue weighted by molar-refractivity contribution is -0.121. The van der Waals surface area contributed by atoms with Gasteiger partial charge in [-0.3, -0.25) is 19.3 Å². The van der Waals surface area contributed by atoms with Crippen molar-refractivity contribution in [2.24, 2.45) is 0 Å². The molecule has 0 N–H and O–H groups in total. The quantitative estimate of drug-likeness (QED) is 0.305. The zero-order valence-corrected chi connectivity index (χ0v) is 21.7. The molecular formula is C30H20FN3O4S. The number of thiazole rings is 1. The largest absolute Gasteiger partial charge is 0.450 e. The fraction of sp³-hybridized carbons (Fsp3) is 0.133. The van der Waals surface area contributed by atoms with E-state index in [9.17, 15) is 18.8 Å². The Morgan fingerprint density at radius 3 is 2.44 bits per heavy atom. The van der Waals surface area contributed by atoms with Crippen LogP contribution in [0.15, 0.2) is 82.0 Å². The van der Waals surface area contributed by atoms with E-state index in [1.807, 2.05) is 13.8 Å². The normalized spacial score (nSPS) is 17.9. The lowest BCUT2D eigenvalue weighted by Gasteiger charge is -2.32. The van der Waals surface area contributed by atoms with Crippen LogP contribution in [0.4, 0.5) is 15.2 Å². The van der Waals surface area contributed by atoms with Crippen LogP contribution in [-0.2, 0) is 16.9 Å². The van der Waals surface area contributed by atoms with Gasteiger partial charge in [0, 0.05) is 16.0 Å². The van der Waals surface area contributed by atoms with E-state index in [0.29, 0.717) is 22.5 Å². The fourth-order valence-corrected chi connectivity index (χ4v) is 6.58. The summed E-state index contributed by atoms with van der Waals surface area (Å²) in [5, 5.41) is 0.537. The van der Waals surface area contributed by atoms with Gasteiger partial charge >= 0.3 is 0 Å². The van der Waals surface area contributed by atoms with E-state index in [0.717, 1.165) is 4.88 Å². The lowest BCUT2D eigenvalue weighted by atomic mass is 9.84. The molecule has 0 radical (unpaired) electrons. The average molecular weight is 538 g/mol. The Kier molecular flexibility index (Phi) is 4.93. The Morgan fingerprint density at radius 1 is 0.949 bits per heavy atom. The number of amides is 2. The number of fused-ring (bicyclic) bond motifs is 5. The van der Waals surface area contributed by atoms with Crippen LogP contribution in [-0.4, -0.2) is 16.8 Å². The van der Waals surface area contributed by atoms with E-state index < -0.39 is 28.6 Å². The summed E-state index contributed by atoms with van der Waals surface area (Å²) in [6.07, 6.45) is 0. The van der Waals surface area contributed by atoms with E-state index >= 15 is 0 Å². The molecule has 4 heterocycles. The molecule has 2 aromatic heterocycles. The maximum absolute atomic E-state index is 14.8. The standard InChI is InChI=1S/C30H20FN3O4S/c1-16-17(2)39-29(32-16)34-27(36)26-24(25(35)19-10-4-8-14-23(19)38-26)30(34)20-11-5-7-13-22(20)33(28(30)37)15-18-9-3-6-12-21(18)31/h3-14H,15H2,1-2H3. The number of carbonyl (C=O) groups excluding carboxylic acids is 2. The van der Waals surface area contributed by atoms with Gasteiger partial charge in [-0.15, -0.1) is 11.3 Å². The molecule has 0 saturated heterocycles. The third-order valence-corrected chi connectivity index (χ3v) is 8.58. The first-order valence-corrected chi connectivity index (χ1v) is 13.2. The van der Waals surface area contributed by atoms with Crippen LogP contribution in [0.2, 0.25) is 0 Å². The summed E-state index contributed by atoms with van der Waals surface area (Å²) in [4.78, 5) is 51.4. The van der Waals surface area contributed by atoms with Crippen LogP contribution in [0, 0.1) is 19.7 Å². The van der Waals surface area contributed by atoms with Crippen molar-refractivity contribution in [1.29, 1.82) is 0 Å². The third kappa shape index (κ3) is 3.01. The van der Waals surface area contributed by atoms with Gasteiger partial charge in [0.2, 0.25) is 5.76 Å². The number of para-hydroxylation sites is 2. The number of halogens is 1. The second kappa shape index (κ2) is 8.18. The fourth-order valence-electron chi connectivity index (χ4n) is 5.62. The molecule has 192 valence electrons. The Bertz CT molecular complexity index is 1910. The van der Waals surface area contributed by atoms with Gasteiger partial charge in [-0.05, 0) is 38.1 Å². The topological polar surface area (TPSA) is 83.7 Å². The van der Waals surface area contributed by atoms with E-state index in [-0.39, 0.29) is 34.0 Å². The monoisotopic (exact) mass is 537 g/mol. The minimum Gasteiger partial charge on any atom is -0.450 e. The predicted octanol–water partition coefficient (Wildman–Crippen LogP) is 5.46. The van der Waals surface area contributed by atoms with Crippen molar-refractivity contribution in [3.05, 3.63) is 122 Å². The van der Waals surface area contributed by atoms with Crippen molar-refractivity contribution in [2.75, 3.05) is 9.80 Å². The smallest absolute Gasteiger partial charge is 0.297 e. The van der Waals surface area contributed by atoms with Crippen LogP contribution in [0.1, 0.15) is 37.8 Å². The van der Waals surface area contributed by atoms with Gasteiger partial charge in [-0.1, -0.05) is 48.5 Å². The molecular weight excluding hydrogens is 517 g/mol. The summed E-state index contributed by atoms with van der Waals surface area (Å²) in [5.41, 5.74) is -0.204. The van der Waals surface area contributed by atoms with Crippen LogP contribution < -0.4 is 15.2 Å². The molecule has 2 amide bonds. The molecule has 9 heteroatoms. The summed E-state index contributed by atoms with van der Waals surface area (Å²) >= 11 is 1.26. The zero-order chi connectivity index (χ0) is 27.1. The molecule has 3 aromatic carbocycles. The Hall–Kier alpha value is -4.63. The van der Waals surface area contributed by atoms with Gasteiger partial charge in [0.05, 0.1) is 28.9 Å². The molecule has 0 saturated carbocycles. The molecule has 0 aliphatic carbocycles. The number of aromatic nitrogens is 1. The van der Waals surface area contributed by atoms with Crippen molar-refractivity contribution in [3.63, 3.8) is 0 Å². The van der Waals surface area contributed by atoms with Crippen LogP contribution in [0.25, 0.3) is 11.0 Å². The second-order valence-electron chi connectivity index (χ2n) is 9.62. The Morgan fingerprint density at radius 2 is 1.67 bits per heavy atom.